The molecule has 0 fully saturated rings. The molecule has 2 rings (SSSR count). The van der Waals surface area contributed by atoms with Gasteiger partial charge in [0.2, 0.25) is 0 Å². The first kappa shape index (κ1) is 12.8. The van der Waals surface area contributed by atoms with Crippen LogP contribution in [-0.4, -0.2) is 0 Å². The van der Waals surface area contributed by atoms with E-state index in [1.165, 1.54) is 53.0 Å². The highest BCUT2D eigenvalue weighted by atomic mass is 32.1. The number of allylic oxidation sites excluding steroid dienone is 1. The van der Waals surface area contributed by atoms with E-state index in [0.717, 1.165) is 0 Å². The Hall–Kier alpha value is -0.640. The Morgan fingerprint density at radius 1 is 1.29 bits per heavy atom. The Labute approximate surface area is 108 Å². The first-order valence-electron chi connectivity index (χ1n) is 6.44. The van der Waals surface area contributed by atoms with Crippen LogP contribution in [-0.2, 0) is 0 Å². The third-order valence-corrected chi connectivity index (χ3v) is 4.80. The van der Waals surface area contributed by atoms with Crippen LogP contribution in [0, 0.1) is 13.8 Å². The van der Waals surface area contributed by atoms with Crippen LogP contribution in [0.2, 0.25) is 0 Å². The molecule has 0 spiro atoms. The van der Waals surface area contributed by atoms with Crippen LogP contribution in [0.4, 0.5) is 0 Å². The summed E-state index contributed by atoms with van der Waals surface area (Å²) in [4.78, 5) is 2.75. The van der Waals surface area contributed by atoms with Crippen LogP contribution < -0.4 is 11.3 Å². The molecule has 0 saturated carbocycles. The molecule has 1 aliphatic carbocycles. The van der Waals surface area contributed by atoms with E-state index in [1.54, 1.807) is 0 Å². The van der Waals surface area contributed by atoms with E-state index in [0.29, 0.717) is 0 Å². The number of hydrazine groups is 1. The Balaban J connectivity index is 2.23. The summed E-state index contributed by atoms with van der Waals surface area (Å²) >= 11 is 1.86. The summed E-state index contributed by atoms with van der Waals surface area (Å²) < 4.78 is 0. The number of thiophene rings is 1. The summed E-state index contributed by atoms with van der Waals surface area (Å²) in [5.41, 5.74) is 5.85. The molecule has 0 aromatic carbocycles. The van der Waals surface area contributed by atoms with Gasteiger partial charge in [-0.05, 0) is 51.2 Å². The van der Waals surface area contributed by atoms with E-state index in [-0.39, 0.29) is 6.04 Å². The van der Waals surface area contributed by atoms with Gasteiger partial charge in [0.1, 0.15) is 0 Å². The van der Waals surface area contributed by atoms with Crippen molar-refractivity contribution in [1.29, 1.82) is 0 Å². The van der Waals surface area contributed by atoms with E-state index in [9.17, 15) is 0 Å². The Morgan fingerprint density at radius 3 is 2.76 bits per heavy atom. The molecule has 0 radical (unpaired) electrons. The SMILES string of the molecule is Cc1cc(C(NN)C2=CCCCCC2)sc1C. The molecule has 1 aliphatic rings. The van der Waals surface area contributed by atoms with Crippen LogP contribution >= 0.6 is 11.3 Å². The van der Waals surface area contributed by atoms with Crippen LogP contribution in [0.15, 0.2) is 17.7 Å². The lowest BCUT2D eigenvalue weighted by Gasteiger charge is -2.17. The fourth-order valence-corrected chi connectivity index (χ4v) is 3.56. The largest absolute Gasteiger partial charge is 0.271 e. The zero-order valence-electron chi connectivity index (χ0n) is 10.8. The summed E-state index contributed by atoms with van der Waals surface area (Å²) in [6.07, 6.45) is 8.75. The molecular formula is C14H22N2S. The van der Waals surface area contributed by atoms with Crippen LogP contribution in [0.25, 0.3) is 0 Å². The number of nitrogens with one attached hydrogen (secondary N) is 1. The zero-order valence-corrected chi connectivity index (χ0v) is 11.6. The monoisotopic (exact) mass is 250 g/mol. The lowest BCUT2D eigenvalue weighted by molar-refractivity contribution is 0.600. The van der Waals surface area contributed by atoms with Gasteiger partial charge in [0.25, 0.3) is 0 Å². The van der Waals surface area contributed by atoms with E-state index in [2.05, 4.69) is 31.4 Å². The van der Waals surface area contributed by atoms with Crippen LogP contribution in [0.5, 0.6) is 0 Å². The van der Waals surface area contributed by atoms with E-state index >= 15 is 0 Å². The average molecular weight is 250 g/mol. The molecule has 17 heavy (non-hydrogen) atoms. The van der Waals surface area contributed by atoms with Gasteiger partial charge < -0.3 is 0 Å². The molecule has 2 nitrogen and oxygen atoms in total. The lowest BCUT2D eigenvalue weighted by Crippen LogP contribution is -2.28. The molecule has 1 aromatic rings. The second-order valence-electron chi connectivity index (χ2n) is 4.87. The molecule has 3 N–H and O–H groups in total. The fraction of sp³-hybridized carbons (Fsp3) is 0.571. The summed E-state index contributed by atoms with van der Waals surface area (Å²) in [5.74, 6) is 5.76. The number of rotatable bonds is 3. The van der Waals surface area contributed by atoms with Crippen LogP contribution in [0.3, 0.4) is 0 Å². The topological polar surface area (TPSA) is 38.0 Å². The normalized spacial score (nSPS) is 18.6. The number of aryl methyl sites for hydroxylation is 2. The highest BCUT2D eigenvalue weighted by Gasteiger charge is 2.18. The highest BCUT2D eigenvalue weighted by molar-refractivity contribution is 7.12. The Morgan fingerprint density at radius 2 is 2.12 bits per heavy atom. The highest BCUT2D eigenvalue weighted by Crippen LogP contribution is 2.33. The molecule has 0 amide bonds. The summed E-state index contributed by atoms with van der Waals surface area (Å²) in [6.45, 7) is 4.35. The molecule has 94 valence electrons. The molecule has 0 aliphatic heterocycles. The number of nitrogens with two attached hydrogens (primary N) is 1. The first-order valence-corrected chi connectivity index (χ1v) is 7.26. The van der Waals surface area contributed by atoms with Gasteiger partial charge in [0.05, 0.1) is 6.04 Å². The van der Waals surface area contributed by atoms with Crippen molar-refractivity contribution < 1.29 is 0 Å². The van der Waals surface area contributed by atoms with Crippen molar-refractivity contribution in [3.8, 4) is 0 Å². The zero-order chi connectivity index (χ0) is 12.3. The molecule has 1 aromatic heterocycles. The number of hydrogen-bond donors (Lipinski definition) is 2. The van der Waals surface area contributed by atoms with Crippen molar-refractivity contribution in [3.63, 3.8) is 0 Å². The van der Waals surface area contributed by atoms with Gasteiger partial charge in [-0.3, -0.25) is 5.84 Å². The Bertz CT molecular complexity index is 387. The molecule has 0 bridgehead atoms. The lowest BCUT2D eigenvalue weighted by atomic mass is 10.0. The maximum absolute atomic E-state index is 5.76. The maximum atomic E-state index is 5.76. The van der Waals surface area contributed by atoms with Crippen molar-refractivity contribution in [2.45, 2.75) is 52.0 Å². The maximum Gasteiger partial charge on any atom is 0.0762 e. The third-order valence-electron chi connectivity index (χ3n) is 3.58. The van der Waals surface area contributed by atoms with E-state index < -0.39 is 0 Å². The van der Waals surface area contributed by atoms with Gasteiger partial charge in [-0.1, -0.05) is 18.1 Å². The first-order chi connectivity index (χ1) is 8.22. The standard InChI is InChI=1S/C14H22N2S/c1-10-9-13(17-11(10)2)14(16-15)12-7-5-3-4-6-8-12/h7,9,14,16H,3-6,8,15H2,1-2H3. The second kappa shape index (κ2) is 5.80. The molecule has 1 atom stereocenters. The van der Waals surface area contributed by atoms with Gasteiger partial charge in [-0.2, -0.15) is 0 Å². The second-order valence-corrected chi connectivity index (χ2v) is 6.15. The van der Waals surface area contributed by atoms with Crippen LogP contribution in [0.1, 0.15) is 53.5 Å². The Kier molecular flexibility index (Phi) is 4.37. The number of hydrogen-bond acceptors (Lipinski definition) is 3. The van der Waals surface area contributed by atoms with Crippen molar-refractivity contribution in [1.82, 2.24) is 5.43 Å². The van der Waals surface area contributed by atoms with Gasteiger partial charge in [-0.25, -0.2) is 5.43 Å². The van der Waals surface area contributed by atoms with Gasteiger partial charge in [0, 0.05) is 9.75 Å². The predicted octanol–water partition coefficient (Wildman–Crippen LogP) is 3.76. The van der Waals surface area contributed by atoms with Gasteiger partial charge in [0.15, 0.2) is 0 Å². The van der Waals surface area contributed by atoms with Crippen molar-refractivity contribution in [2.75, 3.05) is 0 Å². The molecule has 1 heterocycles. The quantitative estimate of drug-likeness (QED) is 0.487. The average Bonchev–Trinajstić information content (AvgIpc) is 2.56. The molecule has 3 heteroatoms. The van der Waals surface area contributed by atoms with Gasteiger partial charge >= 0.3 is 0 Å². The van der Waals surface area contributed by atoms with Crippen molar-refractivity contribution >= 4 is 11.3 Å². The van der Waals surface area contributed by atoms with Crippen molar-refractivity contribution in [3.05, 3.63) is 33.0 Å². The molecule has 0 saturated heterocycles. The summed E-state index contributed by atoms with van der Waals surface area (Å²) in [7, 11) is 0. The fourth-order valence-electron chi connectivity index (χ4n) is 2.42. The predicted molar refractivity (Wildman–Crippen MR) is 75.0 cm³/mol. The minimum absolute atomic E-state index is 0.227. The minimum atomic E-state index is 0.227. The van der Waals surface area contributed by atoms with E-state index in [4.69, 9.17) is 5.84 Å². The minimum Gasteiger partial charge on any atom is -0.271 e. The molecule has 1 unspecified atom stereocenters. The summed E-state index contributed by atoms with van der Waals surface area (Å²) in [5, 5.41) is 0. The third kappa shape index (κ3) is 2.97. The summed E-state index contributed by atoms with van der Waals surface area (Å²) in [6, 6.07) is 2.50. The molecular weight excluding hydrogens is 228 g/mol. The van der Waals surface area contributed by atoms with Crippen molar-refractivity contribution in [2.24, 2.45) is 5.84 Å². The smallest absolute Gasteiger partial charge is 0.0762 e. The van der Waals surface area contributed by atoms with E-state index in [1.807, 2.05) is 11.3 Å². The van der Waals surface area contributed by atoms with Gasteiger partial charge in [-0.15, -0.1) is 11.3 Å².